The van der Waals surface area contributed by atoms with Crippen LogP contribution in [0.4, 0.5) is 5.69 Å². The molecular weight excluding hydrogens is 422 g/mol. The van der Waals surface area contributed by atoms with Crippen LogP contribution in [0.2, 0.25) is 5.02 Å². The fourth-order valence-electron chi connectivity index (χ4n) is 3.41. The molecule has 1 aliphatic rings. The number of aryl methyl sites for hydroxylation is 1. The Morgan fingerprint density at radius 3 is 2.60 bits per heavy atom. The van der Waals surface area contributed by atoms with Crippen LogP contribution in [0.5, 0.6) is 0 Å². The first-order valence-electron chi connectivity index (χ1n) is 9.98. The quantitative estimate of drug-likeness (QED) is 0.661. The van der Waals surface area contributed by atoms with Crippen LogP contribution in [0.1, 0.15) is 38.2 Å². The van der Waals surface area contributed by atoms with Crippen LogP contribution in [0.25, 0.3) is 0 Å². The molecule has 2 aromatic rings. The van der Waals surface area contributed by atoms with Crippen LogP contribution < -0.4 is 9.73 Å². The molecule has 1 fully saturated rings. The van der Waals surface area contributed by atoms with Crippen molar-refractivity contribution in [3.8, 4) is 0 Å². The van der Waals surface area contributed by atoms with E-state index in [1.807, 2.05) is 6.92 Å². The summed E-state index contributed by atoms with van der Waals surface area (Å²) in [5.41, 5.74) is 4.63. The summed E-state index contributed by atoms with van der Waals surface area (Å²) in [6, 6.07) is 12.9. The Kier molecular flexibility index (Phi) is 7.15. The number of hydrazone groups is 1. The zero-order chi connectivity index (χ0) is 21.7. The van der Waals surface area contributed by atoms with Gasteiger partial charge in [0.15, 0.2) is 0 Å². The average molecular weight is 448 g/mol. The van der Waals surface area contributed by atoms with E-state index in [0.29, 0.717) is 16.6 Å². The number of nitrogens with zero attached hydrogens (tertiary/aromatic N) is 2. The minimum atomic E-state index is -3.97. The van der Waals surface area contributed by atoms with Crippen molar-refractivity contribution in [3.05, 3.63) is 59.1 Å². The number of hydrogen-bond acceptors (Lipinski definition) is 4. The topological polar surface area (TPSA) is 78.8 Å². The van der Waals surface area contributed by atoms with Gasteiger partial charge in [0.25, 0.3) is 15.9 Å². The lowest BCUT2D eigenvalue weighted by atomic mass is 9.89. The molecule has 0 saturated heterocycles. The molecule has 0 aromatic heterocycles. The summed E-state index contributed by atoms with van der Waals surface area (Å²) in [4.78, 5) is 12.7. The van der Waals surface area contributed by atoms with E-state index in [1.54, 1.807) is 36.4 Å². The van der Waals surface area contributed by atoms with Crippen molar-refractivity contribution >= 4 is 38.9 Å². The van der Waals surface area contributed by atoms with Gasteiger partial charge in [-0.25, -0.2) is 13.8 Å². The minimum Gasteiger partial charge on any atom is -0.271 e. The van der Waals surface area contributed by atoms with E-state index >= 15 is 0 Å². The van der Waals surface area contributed by atoms with Crippen molar-refractivity contribution in [2.45, 2.75) is 44.4 Å². The number of nitrogens with one attached hydrogen (secondary N) is 1. The molecule has 1 saturated carbocycles. The van der Waals surface area contributed by atoms with Gasteiger partial charge in [-0.3, -0.25) is 9.10 Å². The molecule has 2 aromatic carbocycles. The predicted molar refractivity (Wildman–Crippen MR) is 120 cm³/mol. The van der Waals surface area contributed by atoms with Gasteiger partial charge in [0.2, 0.25) is 0 Å². The molecule has 8 heteroatoms. The van der Waals surface area contributed by atoms with Crippen molar-refractivity contribution < 1.29 is 13.2 Å². The number of hydrogen-bond donors (Lipinski definition) is 1. The second-order valence-corrected chi connectivity index (χ2v) is 9.81. The molecule has 0 bridgehead atoms. The van der Waals surface area contributed by atoms with Crippen molar-refractivity contribution in [2.75, 3.05) is 10.8 Å². The second-order valence-electron chi connectivity index (χ2n) is 7.54. The number of benzene rings is 2. The molecule has 30 heavy (non-hydrogen) atoms. The van der Waals surface area contributed by atoms with Crippen LogP contribution in [-0.4, -0.2) is 26.6 Å². The first-order valence-corrected chi connectivity index (χ1v) is 11.8. The van der Waals surface area contributed by atoms with Crippen molar-refractivity contribution in [1.29, 1.82) is 0 Å². The van der Waals surface area contributed by atoms with Gasteiger partial charge in [0.1, 0.15) is 6.54 Å². The largest absolute Gasteiger partial charge is 0.271 e. The van der Waals surface area contributed by atoms with Crippen LogP contribution in [-0.2, 0) is 14.8 Å². The third kappa shape index (κ3) is 5.21. The molecule has 160 valence electrons. The highest BCUT2D eigenvalue weighted by Gasteiger charge is 2.27. The number of anilines is 1. The Bertz CT molecular complexity index is 1040. The zero-order valence-corrected chi connectivity index (χ0v) is 18.7. The van der Waals surface area contributed by atoms with Gasteiger partial charge in [-0.05, 0) is 61.9 Å². The molecule has 1 aliphatic carbocycles. The Morgan fingerprint density at radius 1 is 1.20 bits per heavy atom. The average Bonchev–Trinajstić information content (AvgIpc) is 2.74. The molecule has 3 rings (SSSR count). The molecule has 0 radical (unpaired) electrons. The van der Waals surface area contributed by atoms with E-state index in [2.05, 4.69) is 17.5 Å². The highest BCUT2D eigenvalue weighted by Crippen LogP contribution is 2.28. The Hall–Kier alpha value is -2.38. The van der Waals surface area contributed by atoms with Gasteiger partial charge >= 0.3 is 0 Å². The molecular formula is C22H26ClN3O3S. The SMILES string of the molecule is Cc1ccc(N(CC(=O)N/N=C2\CCCC[C@@H]2C)S(=O)(=O)c2ccccc2)cc1Cl. The lowest BCUT2D eigenvalue weighted by Gasteiger charge is -2.24. The van der Waals surface area contributed by atoms with E-state index in [1.165, 1.54) is 12.1 Å². The van der Waals surface area contributed by atoms with E-state index in [-0.39, 0.29) is 4.90 Å². The van der Waals surface area contributed by atoms with Gasteiger partial charge in [0.05, 0.1) is 10.6 Å². The molecule has 0 aliphatic heterocycles. The smallest absolute Gasteiger partial charge is 0.264 e. The molecule has 1 N–H and O–H groups in total. The number of rotatable bonds is 6. The maximum atomic E-state index is 13.3. The Balaban J connectivity index is 1.88. The molecule has 0 heterocycles. The van der Waals surface area contributed by atoms with E-state index in [9.17, 15) is 13.2 Å². The van der Waals surface area contributed by atoms with E-state index < -0.39 is 22.5 Å². The lowest BCUT2D eigenvalue weighted by Crippen LogP contribution is -2.40. The van der Waals surface area contributed by atoms with Crippen LogP contribution in [0.3, 0.4) is 0 Å². The first-order chi connectivity index (χ1) is 14.3. The lowest BCUT2D eigenvalue weighted by molar-refractivity contribution is -0.119. The minimum absolute atomic E-state index is 0.0988. The fourth-order valence-corrected chi connectivity index (χ4v) is 5.02. The van der Waals surface area contributed by atoms with Gasteiger partial charge in [0, 0.05) is 10.7 Å². The van der Waals surface area contributed by atoms with Gasteiger partial charge in [-0.2, -0.15) is 5.10 Å². The molecule has 1 atom stereocenters. The highest BCUT2D eigenvalue weighted by atomic mass is 35.5. The standard InChI is InChI=1S/C22H26ClN3O3S/c1-16-12-13-18(14-20(16)23)26(30(28,29)19-9-4-3-5-10-19)15-22(27)25-24-21-11-7-6-8-17(21)2/h3-5,9-10,12-14,17H,6-8,11,15H2,1-2H3,(H,25,27)/b24-21+/t17-/m0/s1. The van der Waals surface area contributed by atoms with Crippen LogP contribution in [0.15, 0.2) is 58.5 Å². The highest BCUT2D eigenvalue weighted by molar-refractivity contribution is 7.92. The Morgan fingerprint density at radius 2 is 1.93 bits per heavy atom. The predicted octanol–water partition coefficient (Wildman–Crippen LogP) is 4.53. The number of sulfonamides is 1. The van der Waals surface area contributed by atoms with Gasteiger partial charge < -0.3 is 0 Å². The van der Waals surface area contributed by atoms with Crippen molar-refractivity contribution in [3.63, 3.8) is 0 Å². The number of halogens is 1. The third-order valence-corrected chi connectivity index (χ3v) is 7.47. The number of amides is 1. The summed E-state index contributed by atoms with van der Waals surface area (Å²) in [7, 11) is -3.97. The van der Waals surface area contributed by atoms with E-state index in [0.717, 1.165) is 41.3 Å². The molecule has 0 spiro atoms. The summed E-state index contributed by atoms with van der Waals surface area (Å²) in [5, 5.41) is 4.70. The number of carbonyl (C=O) groups excluding carboxylic acids is 1. The van der Waals surface area contributed by atoms with Crippen LogP contribution >= 0.6 is 11.6 Å². The summed E-state index contributed by atoms with van der Waals surface area (Å²) in [6.45, 7) is 3.52. The molecule has 0 unspecified atom stereocenters. The third-order valence-electron chi connectivity index (χ3n) is 5.27. The fraction of sp³-hybridized carbons (Fsp3) is 0.364. The van der Waals surface area contributed by atoms with Gasteiger partial charge in [-0.15, -0.1) is 0 Å². The summed E-state index contributed by atoms with van der Waals surface area (Å²) < 4.78 is 27.6. The summed E-state index contributed by atoms with van der Waals surface area (Å²) in [5.74, 6) is -0.185. The monoisotopic (exact) mass is 447 g/mol. The summed E-state index contributed by atoms with van der Waals surface area (Å²) in [6.07, 6.45) is 4.10. The van der Waals surface area contributed by atoms with Crippen molar-refractivity contribution in [1.82, 2.24) is 5.43 Å². The first kappa shape index (κ1) is 22.3. The summed E-state index contributed by atoms with van der Waals surface area (Å²) >= 11 is 6.23. The van der Waals surface area contributed by atoms with E-state index in [4.69, 9.17) is 11.6 Å². The zero-order valence-electron chi connectivity index (χ0n) is 17.1. The maximum absolute atomic E-state index is 13.3. The molecule has 1 amide bonds. The second kappa shape index (κ2) is 9.62. The number of carbonyl (C=O) groups is 1. The van der Waals surface area contributed by atoms with Gasteiger partial charge in [-0.1, -0.05) is 49.2 Å². The van der Waals surface area contributed by atoms with Crippen LogP contribution in [0, 0.1) is 12.8 Å². The Labute approximate surface area is 183 Å². The normalized spacial score (nSPS) is 18.2. The molecule has 6 nitrogen and oxygen atoms in total. The van der Waals surface area contributed by atoms with Crippen molar-refractivity contribution in [2.24, 2.45) is 11.0 Å². The maximum Gasteiger partial charge on any atom is 0.264 e.